The van der Waals surface area contributed by atoms with Crippen molar-refractivity contribution in [1.29, 1.82) is 0 Å². The number of piperazine rings is 1. The van der Waals surface area contributed by atoms with Gasteiger partial charge in [-0.25, -0.2) is 8.78 Å². The molecular formula is C30H29F2N5O2. The molecule has 7 rings (SSSR count). The zero-order valence-electron chi connectivity index (χ0n) is 21.6. The van der Waals surface area contributed by atoms with E-state index in [9.17, 15) is 9.50 Å². The van der Waals surface area contributed by atoms with Gasteiger partial charge in [0, 0.05) is 54.8 Å². The van der Waals surface area contributed by atoms with E-state index in [0.717, 1.165) is 51.0 Å². The molecule has 2 bridgehead atoms. The van der Waals surface area contributed by atoms with Gasteiger partial charge in [0.05, 0.1) is 5.56 Å². The number of aromatic nitrogens is 2. The van der Waals surface area contributed by atoms with E-state index >= 15 is 4.39 Å². The smallest absolute Gasteiger partial charge is 0.324 e. The van der Waals surface area contributed by atoms with Gasteiger partial charge in [-0.3, -0.25) is 0 Å². The summed E-state index contributed by atoms with van der Waals surface area (Å²) in [7, 11) is 2.09. The van der Waals surface area contributed by atoms with Crippen molar-refractivity contribution in [3.8, 4) is 28.6 Å². The summed E-state index contributed by atoms with van der Waals surface area (Å²) >= 11 is 0. The molecule has 3 aliphatic heterocycles. The Hall–Kier alpha value is -3.82. The molecule has 2 atom stereocenters. The van der Waals surface area contributed by atoms with Crippen LogP contribution in [0.5, 0.6) is 17.5 Å². The fourth-order valence-electron chi connectivity index (χ4n) is 6.26. The number of fused-ring (bicyclic) bond motifs is 4. The van der Waals surface area contributed by atoms with Gasteiger partial charge in [-0.15, -0.1) is 0 Å². The van der Waals surface area contributed by atoms with Crippen LogP contribution in [-0.4, -0.2) is 58.7 Å². The van der Waals surface area contributed by atoms with Crippen LogP contribution < -0.4 is 15.0 Å². The van der Waals surface area contributed by atoms with Crippen LogP contribution in [0.3, 0.4) is 0 Å². The van der Waals surface area contributed by atoms with Crippen molar-refractivity contribution in [3.63, 3.8) is 0 Å². The molecule has 2 saturated heterocycles. The highest BCUT2D eigenvalue weighted by molar-refractivity contribution is 5.94. The minimum Gasteiger partial charge on any atom is -0.507 e. The predicted octanol–water partition coefficient (Wildman–Crippen LogP) is 5.00. The third-order valence-electron chi connectivity index (χ3n) is 8.16. The first-order chi connectivity index (χ1) is 18.9. The Labute approximate surface area is 225 Å². The molecule has 0 saturated carbocycles. The summed E-state index contributed by atoms with van der Waals surface area (Å²) in [5.74, 6) is -0.510. The minimum absolute atomic E-state index is 0.0329. The lowest BCUT2D eigenvalue weighted by molar-refractivity contribution is 0.308. The Morgan fingerprint density at radius 3 is 2.59 bits per heavy atom. The first kappa shape index (κ1) is 24.2. The number of hydrogen-bond donors (Lipinski definition) is 2. The molecule has 0 unspecified atom stereocenters. The van der Waals surface area contributed by atoms with Crippen LogP contribution in [0.25, 0.3) is 22.0 Å². The molecule has 4 heterocycles. The number of hydrogen-bond acceptors (Lipinski definition) is 7. The fourth-order valence-corrected chi connectivity index (χ4v) is 6.26. The van der Waals surface area contributed by atoms with Crippen molar-refractivity contribution in [1.82, 2.24) is 20.2 Å². The Balaban J connectivity index is 1.38. The number of nitrogens with one attached hydrogen (secondary N) is 1. The quantitative estimate of drug-likeness (QED) is 0.385. The summed E-state index contributed by atoms with van der Waals surface area (Å²) in [4.78, 5) is 13.8. The highest BCUT2D eigenvalue weighted by atomic mass is 19.1. The van der Waals surface area contributed by atoms with Gasteiger partial charge < -0.3 is 25.0 Å². The van der Waals surface area contributed by atoms with E-state index in [0.29, 0.717) is 29.0 Å². The summed E-state index contributed by atoms with van der Waals surface area (Å²) in [6.07, 6.45) is 3.00. The normalized spacial score (nSPS) is 20.8. The largest absolute Gasteiger partial charge is 0.507 e. The average molecular weight is 530 g/mol. The van der Waals surface area contributed by atoms with E-state index in [-0.39, 0.29) is 28.4 Å². The van der Waals surface area contributed by atoms with Crippen LogP contribution in [0.4, 0.5) is 14.6 Å². The van der Waals surface area contributed by atoms with E-state index in [1.807, 2.05) is 12.1 Å². The predicted molar refractivity (Wildman–Crippen MR) is 145 cm³/mol. The Kier molecular flexibility index (Phi) is 5.86. The molecule has 4 aromatic rings. The summed E-state index contributed by atoms with van der Waals surface area (Å²) in [6.45, 7) is 3.22. The summed E-state index contributed by atoms with van der Waals surface area (Å²) in [6, 6.07) is 13.8. The summed E-state index contributed by atoms with van der Waals surface area (Å²) in [5.41, 5.74) is 2.07. The lowest BCUT2D eigenvalue weighted by atomic mass is 9.99. The maximum absolute atomic E-state index is 16.2. The Morgan fingerprint density at radius 1 is 1.00 bits per heavy atom. The van der Waals surface area contributed by atoms with Crippen molar-refractivity contribution < 1.29 is 18.6 Å². The first-order valence-corrected chi connectivity index (χ1v) is 13.4. The van der Waals surface area contributed by atoms with Crippen LogP contribution in [-0.2, 0) is 13.0 Å². The molecule has 2 N–H and O–H groups in total. The first-order valence-electron chi connectivity index (χ1n) is 13.4. The number of aromatic hydroxyl groups is 1. The molecule has 9 heteroatoms. The molecule has 3 aliphatic rings. The second-order valence-electron chi connectivity index (χ2n) is 10.8. The van der Waals surface area contributed by atoms with Gasteiger partial charge in [0.15, 0.2) is 5.82 Å². The van der Waals surface area contributed by atoms with Gasteiger partial charge in [-0.1, -0.05) is 24.3 Å². The average Bonchev–Trinajstić information content (AvgIpc) is 3.26. The molecular weight excluding hydrogens is 500 g/mol. The molecule has 0 amide bonds. The van der Waals surface area contributed by atoms with Crippen LogP contribution in [0.2, 0.25) is 0 Å². The lowest BCUT2D eigenvalue weighted by Gasteiger charge is -2.34. The van der Waals surface area contributed by atoms with E-state index in [4.69, 9.17) is 9.72 Å². The number of phenols is 1. The van der Waals surface area contributed by atoms with Gasteiger partial charge in [0.2, 0.25) is 0 Å². The lowest BCUT2D eigenvalue weighted by Crippen LogP contribution is -2.51. The van der Waals surface area contributed by atoms with Gasteiger partial charge >= 0.3 is 6.01 Å². The second-order valence-corrected chi connectivity index (χ2v) is 10.8. The van der Waals surface area contributed by atoms with Crippen LogP contribution in [0.1, 0.15) is 24.0 Å². The van der Waals surface area contributed by atoms with E-state index < -0.39 is 11.6 Å². The molecule has 2 fully saturated rings. The molecule has 0 radical (unpaired) electrons. The molecule has 39 heavy (non-hydrogen) atoms. The van der Waals surface area contributed by atoms with E-state index in [1.165, 1.54) is 29.8 Å². The minimum atomic E-state index is -0.726. The number of rotatable bonds is 4. The molecule has 0 aliphatic carbocycles. The van der Waals surface area contributed by atoms with E-state index in [2.05, 4.69) is 33.2 Å². The van der Waals surface area contributed by atoms with Crippen LogP contribution in [0.15, 0.2) is 48.5 Å². The van der Waals surface area contributed by atoms with E-state index in [1.54, 1.807) is 6.07 Å². The molecule has 3 aromatic carbocycles. The topological polar surface area (TPSA) is 73.8 Å². The maximum atomic E-state index is 16.2. The molecule has 0 spiro atoms. The van der Waals surface area contributed by atoms with Gasteiger partial charge in [0.1, 0.15) is 28.7 Å². The standard InChI is InChI=1S/C30H29F2N5O2/c1-36-13-12-20-17(14-36)4-2-7-25(20)39-30-34-28-22(29(35-30)37-15-18-8-9-19(16-37)33-18)11-10-21(27(28)32)26-23(31)5-3-6-24(26)38/h2-7,10-11,18-19,33,38H,8-9,12-16H2,1H3/t18-,19+. The fraction of sp³-hybridized carbons (Fsp3) is 0.333. The monoisotopic (exact) mass is 529 g/mol. The second kappa shape index (κ2) is 9.43. The van der Waals surface area contributed by atoms with Gasteiger partial charge in [-0.05, 0) is 56.1 Å². The highest BCUT2D eigenvalue weighted by Crippen LogP contribution is 2.40. The Morgan fingerprint density at radius 2 is 1.79 bits per heavy atom. The van der Waals surface area contributed by atoms with Crippen molar-refractivity contribution in [2.75, 3.05) is 31.6 Å². The maximum Gasteiger partial charge on any atom is 0.324 e. The summed E-state index contributed by atoms with van der Waals surface area (Å²) in [5, 5.41) is 14.5. The highest BCUT2D eigenvalue weighted by Gasteiger charge is 2.34. The zero-order valence-corrected chi connectivity index (χ0v) is 21.6. The van der Waals surface area contributed by atoms with Gasteiger partial charge in [-0.2, -0.15) is 9.97 Å². The number of benzene rings is 3. The zero-order chi connectivity index (χ0) is 26.7. The number of ether oxygens (including phenoxy) is 1. The van der Waals surface area contributed by atoms with Crippen molar-refractivity contribution in [2.45, 2.75) is 37.9 Å². The number of anilines is 1. The Bertz CT molecular complexity index is 1560. The van der Waals surface area contributed by atoms with Crippen LogP contribution in [0, 0.1) is 11.6 Å². The SMILES string of the molecule is CN1CCc2c(cccc2Oc2nc(N3C[C@H]4CC[C@@H](C3)N4)c3ccc(-c4c(O)cccc4F)c(F)c3n2)C1. The molecule has 1 aromatic heterocycles. The van der Waals surface area contributed by atoms with Crippen molar-refractivity contribution >= 4 is 16.7 Å². The third-order valence-corrected chi connectivity index (χ3v) is 8.16. The van der Waals surface area contributed by atoms with Crippen molar-refractivity contribution in [2.24, 2.45) is 0 Å². The number of phenolic OH excluding ortho intramolecular Hbond substituents is 1. The number of nitrogens with zero attached hydrogens (tertiary/aromatic N) is 4. The third kappa shape index (κ3) is 4.26. The van der Waals surface area contributed by atoms with Crippen LogP contribution >= 0.6 is 0 Å². The number of likely N-dealkylation sites (N-methyl/N-ethyl adjacent to an activating group) is 1. The number of halogens is 2. The van der Waals surface area contributed by atoms with Crippen molar-refractivity contribution in [3.05, 3.63) is 71.3 Å². The molecule has 7 nitrogen and oxygen atoms in total. The molecule has 200 valence electrons. The van der Waals surface area contributed by atoms with Gasteiger partial charge in [0.25, 0.3) is 0 Å². The summed E-state index contributed by atoms with van der Waals surface area (Å²) < 4.78 is 37.2.